The second-order valence-corrected chi connectivity index (χ2v) is 7.65. The van der Waals surface area contributed by atoms with Crippen LogP contribution in [0.5, 0.6) is 23.1 Å². The number of hydrogen-bond donors (Lipinski definition) is 0. The monoisotopic (exact) mass is 515 g/mol. The molecule has 5 nitrogen and oxygen atoms in total. The van der Waals surface area contributed by atoms with E-state index in [1.165, 1.54) is 42.5 Å². The van der Waals surface area contributed by atoms with Gasteiger partial charge in [-0.25, -0.2) is 9.37 Å². The van der Waals surface area contributed by atoms with Crippen molar-refractivity contribution in [1.82, 2.24) is 4.98 Å². The maximum Gasteiger partial charge on any atom is 0.449 e. The lowest BCUT2D eigenvalue weighted by Crippen LogP contribution is -2.53. The van der Waals surface area contributed by atoms with Crippen LogP contribution in [0.2, 0.25) is 0 Å². The van der Waals surface area contributed by atoms with Gasteiger partial charge in [0.15, 0.2) is 5.78 Å². The molecule has 4 rings (SSSR count). The number of halogens is 5. The van der Waals surface area contributed by atoms with Crippen LogP contribution in [0.15, 0.2) is 103 Å². The highest BCUT2D eigenvalue weighted by Gasteiger charge is 2.61. The molecule has 0 bridgehead atoms. The maximum atomic E-state index is 15.1. The Morgan fingerprint density at radius 1 is 0.676 bits per heavy atom. The summed E-state index contributed by atoms with van der Waals surface area (Å²) in [5.41, 5.74) is 0.419. The van der Waals surface area contributed by atoms with E-state index in [9.17, 15) is 22.4 Å². The Kier molecular flexibility index (Phi) is 7.37. The number of ketones is 1. The van der Waals surface area contributed by atoms with E-state index in [2.05, 4.69) is 14.5 Å². The van der Waals surface area contributed by atoms with E-state index in [4.69, 9.17) is 4.74 Å². The summed E-state index contributed by atoms with van der Waals surface area (Å²) in [6.45, 7) is 0. The van der Waals surface area contributed by atoms with Gasteiger partial charge in [0.2, 0.25) is 5.88 Å². The van der Waals surface area contributed by atoms with E-state index in [-0.39, 0.29) is 16.9 Å². The van der Waals surface area contributed by atoms with Gasteiger partial charge < -0.3 is 14.2 Å². The minimum atomic E-state index is -5.61. The molecule has 190 valence electrons. The Morgan fingerprint density at radius 3 is 1.70 bits per heavy atom. The number of carbonyl (C=O) groups is 1. The topological polar surface area (TPSA) is 57.7 Å². The second kappa shape index (κ2) is 10.7. The Labute approximate surface area is 208 Å². The van der Waals surface area contributed by atoms with E-state index in [1.807, 2.05) is 0 Å². The molecule has 0 amide bonds. The summed E-state index contributed by atoms with van der Waals surface area (Å²) in [5, 5.41) is 0. The van der Waals surface area contributed by atoms with Crippen LogP contribution in [-0.2, 0) is 0 Å². The minimum absolute atomic E-state index is 0.131. The van der Waals surface area contributed by atoms with Crippen molar-refractivity contribution in [2.24, 2.45) is 0 Å². The number of aromatic nitrogens is 1. The molecule has 2 atom stereocenters. The van der Waals surface area contributed by atoms with Crippen molar-refractivity contribution >= 4 is 5.78 Å². The van der Waals surface area contributed by atoms with Gasteiger partial charge in [0.25, 0.3) is 0 Å². The van der Waals surface area contributed by atoms with E-state index in [0.29, 0.717) is 11.6 Å². The third-order valence-electron chi connectivity index (χ3n) is 4.94. The lowest BCUT2D eigenvalue weighted by Gasteiger charge is -2.30. The van der Waals surface area contributed by atoms with Crippen LogP contribution < -0.4 is 14.2 Å². The molecular formula is C27H18F5NO4. The zero-order valence-corrected chi connectivity index (χ0v) is 18.9. The molecule has 3 aromatic carbocycles. The Bertz CT molecular complexity index is 1320. The predicted molar refractivity (Wildman–Crippen MR) is 123 cm³/mol. The van der Waals surface area contributed by atoms with Gasteiger partial charge in [0, 0.05) is 23.4 Å². The summed E-state index contributed by atoms with van der Waals surface area (Å²) in [6, 6.07) is 18.2. The highest BCUT2D eigenvalue weighted by Crippen LogP contribution is 2.37. The molecule has 0 saturated carbocycles. The van der Waals surface area contributed by atoms with Gasteiger partial charge in [0.1, 0.15) is 17.2 Å². The quantitative estimate of drug-likeness (QED) is 0.135. The molecule has 0 aliphatic carbocycles. The minimum Gasteiger partial charge on any atom is -0.439 e. The zero-order chi connectivity index (χ0) is 26.5. The van der Waals surface area contributed by atoms with Crippen molar-refractivity contribution in [1.29, 1.82) is 0 Å². The average Bonchev–Trinajstić information content (AvgIpc) is 2.89. The van der Waals surface area contributed by atoms with Gasteiger partial charge in [-0.3, -0.25) is 4.79 Å². The van der Waals surface area contributed by atoms with Crippen LogP contribution in [0, 0.1) is 0 Å². The molecule has 0 aliphatic rings. The molecule has 4 aromatic rings. The van der Waals surface area contributed by atoms with Gasteiger partial charge in [-0.15, -0.1) is 0 Å². The van der Waals surface area contributed by atoms with Gasteiger partial charge in [-0.05, 0) is 66.7 Å². The molecule has 2 unspecified atom stereocenters. The number of nitrogens with zero attached hydrogens (tertiary/aromatic N) is 1. The molecule has 0 aliphatic heterocycles. The first-order valence-electron chi connectivity index (χ1n) is 10.8. The first-order chi connectivity index (χ1) is 17.6. The zero-order valence-electron chi connectivity index (χ0n) is 18.9. The van der Waals surface area contributed by atoms with Gasteiger partial charge in [0.05, 0.1) is 0 Å². The number of benzene rings is 3. The maximum absolute atomic E-state index is 15.1. The second-order valence-electron chi connectivity index (χ2n) is 7.65. The van der Waals surface area contributed by atoms with Crippen LogP contribution in [-0.4, -0.2) is 29.2 Å². The van der Waals surface area contributed by atoms with Gasteiger partial charge >= 0.3 is 18.4 Å². The fourth-order valence-corrected chi connectivity index (χ4v) is 3.17. The Hall–Kier alpha value is -4.47. The van der Waals surface area contributed by atoms with Crippen molar-refractivity contribution in [3.05, 3.63) is 114 Å². The number of pyridine rings is 1. The fourth-order valence-electron chi connectivity index (χ4n) is 3.17. The summed E-state index contributed by atoms with van der Waals surface area (Å²) in [6.07, 6.45) is -8.15. The lowest BCUT2D eigenvalue weighted by molar-refractivity contribution is -0.325. The van der Waals surface area contributed by atoms with Crippen molar-refractivity contribution in [3.63, 3.8) is 0 Å². The van der Waals surface area contributed by atoms with E-state index in [0.717, 1.165) is 24.3 Å². The molecule has 0 fully saturated rings. The number of para-hydroxylation sites is 1. The standard InChI is InChI=1S/C27H18F5NO4/c28-25(26(29,30)31)27(32,36-21-6-2-1-3-7-21)37-22-15-11-19(12-16-22)24(34)18-9-13-20(14-10-18)35-23-8-4-5-17-33-23/h1-17,25H. The third kappa shape index (κ3) is 6.40. The van der Waals surface area contributed by atoms with Crippen molar-refractivity contribution < 1.29 is 41.0 Å². The number of ether oxygens (including phenoxy) is 3. The Balaban J connectivity index is 1.48. The van der Waals surface area contributed by atoms with Gasteiger partial charge in [-0.1, -0.05) is 24.3 Å². The average molecular weight is 515 g/mol. The number of hydrogen-bond acceptors (Lipinski definition) is 5. The van der Waals surface area contributed by atoms with Gasteiger partial charge in [-0.2, -0.15) is 17.6 Å². The normalized spacial score (nSPS) is 13.8. The summed E-state index contributed by atoms with van der Waals surface area (Å²) in [5.74, 6) is -0.470. The van der Waals surface area contributed by atoms with Crippen molar-refractivity contribution in [3.8, 4) is 23.1 Å². The molecule has 0 radical (unpaired) electrons. The molecule has 1 aromatic heterocycles. The van der Waals surface area contributed by atoms with E-state index < -0.39 is 29.9 Å². The van der Waals surface area contributed by atoms with Crippen LogP contribution in [0.4, 0.5) is 22.0 Å². The Morgan fingerprint density at radius 2 is 1.19 bits per heavy atom. The summed E-state index contributed by atoms with van der Waals surface area (Å²) < 4.78 is 83.2. The number of alkyl halides is 5. The molecule has 1 heterocycles. The van der Waals surface area contributed by atoms with E-state index in [1.54, 1.807) is 36.5 Å². The predicted octanol–water partition coefficient (Wildman–Crippen LogP) is 7.09. The molecule has 0 saturated heterocycles. The summed E-state index contributed by atoms with van der Waals surface area (Å²) in [4.78, 5) is 16.8. The first kappa shape index (κ1) is 25.6. The van der Waals surface area contributed by atoms with Crippen LogP contribution in [0.3, 0.4) is 0 Å². The molecule has 0 N–H and O–H groups in total. The van der Waals surface area contributed by atoms with E-state index >= 15 is 4.39 Å². The summed E-state index contributed by atoms with van der Waals surface area (Å²) in [7, 11) is 0. The first-order valence-corrected chi connectivity index (χ1v) is 10.8. The van der Waals surface area contributed by atoms with Crippen LogP contribution in [0.1, 0.15) is 15.9 Å². The molecule has 0 spiro atoms. The summed E-state index contributed by atoms with van der Waals surface area (Å²) >= 11 is 0. The van der Waals surface area contributed by atoms with Crippen molar-refractivity contribution in [2.45, 2.75) is 18.4 Å². The highest BCUT2D eigenvalue weighted by molar-refractivity contribution is 6.09. The molecular weight excluding hydrogens is 497 g/mol. The fraction of sp³-hybridized carbons (Fsp3) is 0.111. The largest absolute Gasteiger partial charge is 0.449 e. The highest BCUT2D eigenvalue weighted by atomic mass is 19.4. The smallest absolute Gasteiger partial charge is 0.439 e. The number of rotatable bonds is 9. The molecule has 37 heavy (non-hydrogen) atoms. The SMILES string of the molecule is O=C(c1ccc(Oc2ccccn2)cc1)c1ccc(OC(F)(Oc2ccccc2)C(F)C(F)(F)F)cc1. The molecule has 10 heteroatoms. The van der Waals surface area contributed by atoms with Crippen molar-refractivity contribution in [2.75, 3.05) is 0 Å². The third-order valence-corrected chi connectivity index (χ3v) is 4.94. The lowest BCUT2D eigenvalue weighted by atomic mass is 10.0. The number of carbonyl (C=O) groups excluding carboxylic acids is 1. The van der Waals surface area contributed by atoms with Crippen LogP contribution >= 0.6 is 0 Å². The van der Waals surface area contributed by atoms with Crippen LogP contribution in [0.25, 0.3) is 0 Å².